The van der Waals surface area contributed by atoms with Crippen molar-refractivity contribution in [2.24, 2.45) is 0 Å². The SMILES string of the molecule is Nc1ccccc1.O=C1OC(CO)CN1c1ccccc1.OCC(O)CNc1ccccc1.OCC1CO1.OC[C@H](O)CNc1ccccc1. The molecular formula is C37H50N4O9. The van der Waals surface area contributed by atoms with Gasteiger partial charge in [0.2, 0.25) is 0 Å². The van der Waals surface area contributed by atoms with Gasteiger partial charge in [0, 0.05) is 35.8 Å². The van der Waals surface area contributed by atoms with Gasteiger partial charge in [-0.15, -0.1) is 0 Å². The molecule has 4 aromatic carbocycles. The van der Waals surface area contributed by atoms with Crippen LogP contribution in [0.4, 0.5) is 27.5 Å². The molecule has 2 saturated heterocycles. The summed E-state index contributed by atoms with van der Waals surface area (Å²) in [7, 11) is 0. The van der Waals surface area contributed by atoms with Crippen LogP contribution in [0, 0.1) is 0 Å². The van der Waals surface area contributed by atoms with E-state index in [9.17, 15) is 4.79 Å². The number of epoxide rings is 1. The number of nitrogens with one attached hydrogen (secondary N) is 2. The van der Waals surface area contributed by atoms with Crippen molar-refractivity contribution in [1.82, 2.24) is 0 Å². The number of para-hydroxylation sites is 4. The van der Waals surface area contributed by atoms with E-state index < -0.39 is 24.4 Å². The van der Waals surface area contributed by atoms with E-state index >= 15 is 0 Å². The van der Waals surface area contributed by atoms with E-state index in [4.69, 9.17) is 41.1 Å². The van der Waals surface area contributed by atoms with Crippen LogP contribution in [0.25, 0.3) is 0 Å². The van der Waals surface area contributed by atoms with Crippen LogP contribution in [0.3, 0.4) is 0 Å². The minimum Gasteiger partial charge on any atom is -0.441 e. The topological polar surface area (TPSA) is 214 Å². The van der Waals surface area contributed by atoms with Crippen molar-refractivity contribution in [3.8, 4) is 0 Å². The second kappa shape index (κ2) is 25.3. The molecule has 272 valence electrons. The lowest BCUT2D eigenvalue weighted by molar-refractivity contribution is 0.0963. The maximum atomic E-state index is 11.3. The quantitative estimate of drug-likeness (QED) is 0.0819. The van der Waals surface area contributed by atoms with Crippen LogP contribution in [0.2, 0.25) is 0 Å². The van der Waals surface area contributed by atoms with Crippen LogP contribution >= 0.6 is 0 Å². The summed E-state index contributed by atoms with van der Waals surface area (Å²) in [6.07, 6.45) is -1.98. The average molecular weight is 695 g/mol. The first-order valence-electron chi connectivity index (χ1n) is 16.1. The lowest BCUT2D eigenvalue weighted by Gasteiger charge is -2.11. The van der Waals surface area contributed by atoms with E-state index in [1.165, 1.54) is 4.90 Å². The van der Waals surface area contributed by atoms with Crippen LogP contribution in [0.1, 0.15) is 0 Å². The highest BCUT2D eigenvalue weighted by Gasteiger charge is 2.31. The van der Waals surface area contributed by atoms with Crippen LogP contribution in [0.15, 0.2) is 121 Å². The number of carbonyl (C=O) groups is 1. The van der Waals surface area contributed by atoms with Gasteiger partial charge in [-0.25, -0.2) is 4.79 Å². The minimum absolute atomic E-state index is 0.130. The number of cyclic esters (lactones) is 1. The number of aliphatic hydroxyl groups is 6. The number of benzene rings is 4. The Labute approximate surface area is 293 Å². The average Bonchev–Trinajstić information content (AvgIpc) is 3.95. The van der Waals surface area contributed by atoms with Crippen molar-refractivity contribution in [3.05, 3.63) is 121 Å². The Bertz CT molecular complexity index is 1340. The molecule has 0 saturated carbocycles. The normalized spacial score (nSPS) is 16.5. The van der Waals surface area contributed by atoms with Crippen molar-refractivity contribution >= 4 is 28.8 Å². The van der Waals surface area contributed by atoms with Gasteiger partial charge in [-0.1, -0.05) is 72.8 Å². The Balaban J connectivity index is 0.000000225. The zero-order valence-electron chi connectivity index (χ0n) is 27.9. The fourth-order valence-electron chi connectivity index (χ4n) is 3.77. The van der Waals surface area contributed by atoms with Gasteiger partial charge in [-0.05, 0) is 48.5 Å². The molecule has 0 aromatic heterocycles. The smallest absolute Gasteiger partial charge is 0.414 e. The van der Waals surface area contributed by atoms with E-state index in [-0.39, 0.29) is 32.5 Å². The lowest BCUT2D eigenvalue weighted by Crippen LogP contribution is -2.25. The number of nitrogen functional groups attached to an aromatic ring is 1. The Morgan fingerprint density at radius 1 is 0.660 bits per heavy atom. The molecule has 0 bridgehead atoms. The van der Waals surface area contributed by atoms with E-state index in [1.807, 2.05) is 121 Å². The summed E-state index contributed by atoms with van der Waals surface area (Å²) in [6.45, 7) is 1.58. The Hall–Kier alpha value is -4.73. The van der Waals surface area contributed by atoms with Gasteiger partial charge in [0.15, 0.2) is 0 Å². The number of hydrogen-bond donors (Lipinski definition) is 9. The summed E-state index contributed by atoms with van der Waals surface area (Å²) in [5.41, 5.74) is 8.88. The predicted octanol–water partition coefficient (Wildman–Crippen LogP) is 2.55. The minimum atomic E-state index is -0.690. The second-order valence-corrected chi connectivity index (χ2v) is 10.8. The molecule has 6 rings (SSSR count). The van der Waals surface area contributed by atoms with Gasteiger partial charge in [0.25, 0.3) is 0 Å². The third-order valence-corrected chi connectivity index (χ3v) is 6.60. The first kappa shape index (κ1) is 41.4. The van der Waals surface area contributed by atoms with Crippen LogP contribution in [0.5, 0.6) is 0 Å². The Kier molecular flexibility index (Phi) is 20.9. The summed E-state index contributed by atoms with van der Waals surface area (Å²) in [4.78, 5) is 12.9. The molecule has 3 unspecified atom stereocenters. The highest BCUT2D eigenvalue weighted by molar-refractivity contribution is 5.89. The van der Waals surface area contributed by atoms with Crippen LogP contribution < -0.4 is 21.3 Å². The standard InChI is InChI=1S/C10H11NO3.2C9H13NO2.C6H7N.C3H6O2/c12-7-9-6-11(10(13)14-9)8-4-2-1-3-5-8;2*11-7-9(12)6-10-8-4-2-1-3-5-8;7-6-4-2-1-3-5-6;4-1-3-2-5-3/h1-5,9,12H,6-7H2;2*1-5,9-12H,6-7H2;1-5H,7H2;3-4H,1-2H2/t;9-;;;/m.1.../s1. The first-order valence-corrected chi connectivity index (χ1v) is 16.1. The summed E-state index contributed by atoms with van der Waals surface area (Å²) in [6, 6.07) is 37.9. The largest absolute Gasteiger partial charge is 0.441 e. The van der Waals surface area contributed by atoms with Gasteiger partial charge in [0.05, 0.1) is 51.8 Å². The number of aliphatic hydroxyl groups excluding tert-OH is 6. The second-order valence-electron chi connectivity index (χ2n) is 10.8. The van der Waals surface area contributed by atoms with Crippen molar-refractivity contribution in [1.29, 1.82) is 0 Å². The Morgan fingerprint density at radius 3 is 1.36 bits per heavy atom. The zero-order chi connectivity index (χ0) is 36.4. The predicted molar refractivity (Wildman–Crippen MR) is 195 cm³/mol. The molecule has 2 heterocycles. The molecule has 13 nitrogen and oxygen atoms in total. The highest BCUT2D eigenvalue weighted by Crippen LogP contribution is 2.20. The summed E-state index contributed by atoms with van der Waals surface area (Å²) in [5.74, 6) is 0. The number of nitrogens with zero attached hydrogens (tertiary/aromatic N) is 1. The number of carbonyl (C=O) groups excluding carboxylic acids is 1. The lowest BCUT2D eigenvalue weighted by atomic mass is 10.3. The van der Waals surface area contributed by atoms with Gasteiger partial charge < -0.3 is 56.5 Å². The summed E-state index contributed by atoms with van der Waals surface area (Å²) >= 11 is 0. The maximum Gasteiger partial charge on any atom is 0.414 e. The molecule has 13 heteroatoms. The Morgan fingerprint density at radius 2 is 1.06 bits per heavy atom. The number of nitrogens with two attached hydrogens (primary N) is 1. The summed E-state index contributed by atoms with van der Waals surface area (Å²) < 4.78 is 9.52. The van der Waals surface area contributed by atoms with Gasteiger partial charge in [-0.2, -0.15) is 0 Å². The van der Waals surface area contributed by atoms with E-state index in [1.54, 1.807) is 0 Å². The highest BCUT2D eigenvalue weighted by atomic mass is 16.6. The molecule has 0 spiro atoms. The number of rotatable bonds is 11. The molecule has 10 N–H and O–H groups in total. The number of amides is 1. The molecule has 2 fully saturated rings. The zero-order valence-corrected chi connectivity index (χ0v) is 27.9. The monoisotopic (exact) mass is 694 g/mol. The van der Waals surface area contributed by atoms with Gasteiger partial charge in [0.1, 0.15) is 12.2 Å². The fourth-order valence-corrected chi connectivity index (χ4v) is 3.77. The number of hydrogen-bond acceptors (Lipinski definition) is 12. The molecule has 0 radical (unpaired) electrons. The van der Waals surface area contributed by atoms with E-state index in [0.717, 1.165) is 29.4 Å². The third-order valence-electron chi connectivity index (χ3n) is 6.60. The number of anilines is 4. The molecule has 1 amide bonds. The van der Waals surface area contributed by atoms with Gasteiger partial charge in [-0.3, -0.25) is 4.90 Å². The maximum absolute atomic E-state index is 11.3. The van der Waals surface area contributed by atoms with Crippen LogP contribution in [-0.4, -0.2) is 114 Å². The number of ether oxygens (including phenoxy) is 2. The van der Waals surface area contributed by atoms with E-state index in [2.05, 4.69) is 15.4 Å². The molecule has 2 aliphatic heterocycles. The summed E-state index contributed by atoms with van der Waals surface area (Å²) in [5, 5.41) is 58.0. The van der Waals surface area contributed by atoms with Crippen molar-refractivity contribution in [2.75, 3.05) is 73.9 Å². The fraction of sp³-hybridized carbons (Fsp3) is 0.324. The molecule has 0 aliphatic carbocycles. The first-order chi connectivity index (χ1) is 24.3. The van der Waals surface area contributed by atoms with Crippen LogP contribution in [-0.2, 0) is 9.47 Å². The molecule has 4 aromatic rings. The van der Waals surface area contributed by atoms with Crippen molar-refractivity contribution in [3.63, 3.8) is 0 Å². The molecule has 4 atom stereocenters. The van der Waals surface area contributed by atoms with Crippen molar-refractivity contribution < 1.29 is 44.9 Å². The van der Waals surface area contributed by atoms with Gasteiger partial charge >= 0.3 is 6.09 Å². The molecular weight excluding hydrogens is 644 g/mol. The van der Waals surface area contributed by atoms with E-state index in [0.29, 0.717) is 19.6 Å². The third kappa shape index (κ3) is 18.7. The molecule has 2 aliphatic rings. The van der Waals surface area contributed by atoms with Crippen molar-refractivity contribution in [2.45, 2.75) is 24.4 Å². The molecule has 50 heavy (non-hydrogen) atoms.